The molecular weight excluding hydrogens is 386 g/mol. The Kier molecular flexibility index (Phi) is 7.34. The van der Waals surface area contributed by atoms with Crippen molar-refractivity contribution in [2.24, 2.45) is 5.92 Å². The van der Waals surface area contributed by atoms with E-state index >= 15 is 0 Å². The third kappa shape index (κ3) is 5.20. The number of ketones is 1. The summed E-state index contributed by atoms with van der Waals surface area (Å²) >= 11 is 0. The van der Waals surface area contributed by atoms with Gasteiger partial charge in [0.15, 0.2) is 17.3 Å². The zero-order valence-corrected chi connectivity index (χ0v) is 17.4. The van der Waals surface area contributed by atoms with Crippen molar-refractivity contribution in [2.75, 3.05) is 19.9 Å². The van der Waals surface area contributed by atoms with Crippen LogP contribution in [0, 0.1) is 5.92 Å². The average molecular weight is 414 g/mol. The minimum atomic E-state index is 0. The van der Waals surface area contributed by atoms with Crippen LogP contribution in [-0.4, -0.2) is 30.6 Å². The van der Waals surface area contributed by atoms with Crippen molar-refractivity contribution < 1.29 is 14.3 Å². The minimum Gasteiger partial charge on any atom is -0.454 e. The molecule has 1 fully saturated rings. The smallest absolute Gasteiger partial charge is 0.231 e. The van der Waals surface area contributed by atoms with Crippen molar-refractivity contribution in [3.63, 3.8) is 0 Å². The van der Waals surface area contributed by atoms with Crippen molar-refractivity contribution in [3.05, 3.63) is 72.3 Å². The van der Waals surface area contributed by atoms with E-state index in [1.54, 1.807) is 0 Å². The Morgan fingerprint density at radius 1 is 1.10 bits per heavy atom. The van der Waals surface area contributed by atoms with E-state index in [1.807, 2.05) is 12.1 Å². The van der Waals surface area contributed by atoms with Gasteiger partial charge in [0, 0.05) is 12.5 Å². The Labute approximate surface area is 178 Å². The SMILES string of the molecule is C=CC(=O)C[C@@H](c1ccc2c(c1)OCO2)N1CCC(Cc2ccccc2)CC1.Cl. The molecule has 0 bridgehead atoms. The summed E-state index contributed by atoms with van der Waals surface area (Å²) in [7, 11) is 0. The van der Waals surface area contributed by atoms with Gasteiger partial charge in [-0.2, -0.15) is 0 Å². The molecule has 2 heterocycles. The van der Waals surface area contributed by atoms with Crippen LogP contribution < -0.4 is 9.47 Å². The number of ether oxygens (including phenoxy) is 2. The van der Waals surface area contributed by atoms with Crippen LogP contribution in [0.4, 0.5) is 0 Å². The average Bonchev–Trinajstić information content (AvgIpc) is 3.21. The lowest BCUT2D eigenvalue weighted by molar-refractivity contribution is -0.116. The quantitative estimate of drug-likeness (QED) is 0.600. The van der Waals surface area contributed by atoms with Gasteiger partial charge in [0.05, 0.1) is 0 Å². The van der Waals surface area contributed by atoms with Crippen molar-refractivity contribution in [3.8, 4) is 11.5 Å². The summed E-state index contributed by atoms with van der Waals surface area (Å²) in [6, 6.07) is 16.8. The van der Waals surface area contributed by atoms with Gasteiger partial charge in [-0.25, -0.2) is 0 Å². The van der Waals surface area contributed by atoms with Crippen LogP contribution in [0.25, 0.3) is 0 Å². The first kappa shape index (κ1) is 21.4. The Morgan fingerprint density at radius 2 is 1.83 bits per heavy atom. The minimum absolute atomic E-state index is 0. The standard InChI is InChI=1S/C24H27NO3.ClH/c1-2-21(26)16-22(20-8-9-23-24(15-20)28-17-27-23)25-12-10-19(11-13-25)14-18-6-4-3-5-7-18;/h2-9,15,19,22H,1,10-14,16-17H2;1H/t22-;/m0./s1. The second-order valence-corrected chi connectivity index (χ2v) is 7.67. The monoisotopic (exact) mass is 413 g/mol. The van der Waals surface area contributed by atoms with Crippen molar-refractivity contribution in [2.45, 2.75) is 31.7 Å². The zero-order valence-electron chi connectivity index (χ0n) is 16.6. The molecule has 0 aliphatic carbocycles. The van der Waals surface area contributed by atoms with Crippen LogP contribution in [0.1, 0.15) is 36.4 Å². The van der Waals surface area contributed by atoms with Crippen molar-refractivity contribution >= 4 is 18.2 Å². The van der Waals surface area contributed by atoms with Gasteiger partial charge >= 0.3 is 0 Å². The number of carbonyl (C=O) groups excluding carboxylic acids is 1. The molecular formula is C24H28ClNO3. The Hall–Kier alpha value is -2.30. The highest BCUT2D eigenvalue weighted by Gasteiger charge is 2.28. The van der Waals surface area contributed by atoms with Gasteiger partial charge in [-0.1, -0.05) is 43.0 Å². The number of nitrogens with zero attached hydrogens (tertiary/aromatic N) is 1. The zero-order chi connectivity index (χ0) is 19.3. The molecule has 0 amide bonds. The van der Waals surface area contributed by atoms with Crippen molar-refractivity contribution in [1.82, 2.24) is 4.90 Å². The Morgan fingerprint density at radius 3 is 2.55 bits per heavy atom. The summed E-state index contributed by atoms with van der Waals surface area (Å²) < 4.78 is 11.0. The molecule has 0 radical (unpaired) electrons. The first-order valence-electron chi connectivity index (χ1n) is 10.1. The fraction of sp³-hybridized carbons (Fsp3) is 0.375. The molecule has 29 heavy (non-hydrogen) atoms. The molecule has 1 atom stereocenters. The molecule has 154 valence electrons. The van der Waals surface area contributed by atoms with E-state index < -0.39 is 0 Å². The van der Waals surface area contributed by atoms with E-state index in [0.717, 1.165) is 49.4 Å². The summed E-state index contributed by atoms with van der Waals surface area (Å²) in [6.45, 7) is 5.92. The maximum Gasteiger partial charge on any atom is 0.231 e. The summed E-state index contributed by atoms with van der Waals surface area (Å²) in [4.78, 5) is 14.6. The molecule has 0 aromatic heterocycles. The summed E-state index contributed by atoms with van der Waals surface area (Å²) in [5.41, 5.74) is 2.52. The van der Waals surface area contributed by atoms with E-state index in [1.165, 1.54) is 11.6 Å². The highest BCUT2D eigenvalue weighted by molar-refractivity contribution is 5.89. The summed E-state index contributed by atoms with van der Waals surface area (Å²) in [6.07, 6.45) is 5.32. The van der Waals surface area contributed by atoms with Crippen LogP contribution in [0.15, 0.2) is 61.2 Å². The molecule has 4 nitrogen and oxygen atoms in total. The number of carbonyl (C=O) groups is 1. The molecule has 2 aromatic rings. The van der Waals surface area contributed by atoms with Gasteiger partial charge in [0.1, 0.15) is 0 Å². The lowest BCUT2D eigenvalue weighted by Crippen LogP contribution is -2.38. The number of halogens is 1. The van der Waals surface area contributed by atoms with Gasteiger partial charge in [-0.05, 0) is 67.6 Å². The summed E-state index contributed by atoms with van der Waals surface area (Å²) in [5, 5.41) is 0. The van der Waals surface area contributed by atoms with Crippen molar-refractivity contribution in [1.29, 1.82) is 0 Å². The second kappa shape index (κ2) is 9.95. The highest BCUT2D eigenvalue weighted by atomic mass is 35.5. The second-order valence-electron chi connectivity index (χ2n) is 7.67. The Balaban J connectivity index is 0.00000240. The maximum absolute atomic E-state index is 12.2. The van der Waals surface area contributed by atoms with E-state index in [-0.39, 0.29) is 31.0 Å². The molecule has 2 aromatic carbocycles. The van der Waals surface area contributed by atoms with Crippen LogP contribution in [-0.2, 0) is 11.2 Å². The van der Waals surface area contributed by atoms with Crippen LogP contribution in [0.2, 0.25) is 0 Å². The van der Waals surface area contributed by atoms with Gasteiger partial charge in [0.2, 0.25) is 6.79 Å². The molecule has 0 N–H and O–H groups in total. The fourth-order valence-corrected chi connectivity index (χ4v) is 4.27. The molecule has 4 rings (SSSR count). The number of rotatable bonds is 7. The predicted molar refractivity (Wildman–Crippen MR) is 117 cm³/mol. The molecule has 1 saturated heterocycles. The molecule has 5 heteroatoms. The third-order valence-corrected chi connectivity index (χ3v) is 5.86. The van der Waals surface area contributed by atoms with E-state index in [9.17, 15) is 4.79 Å². The topological polar surface area (TPSA) is 38.8 Å². The largest absolute Gasteiger partial charge is 0.454 e. The summed E-state index contributed by atoms with van der Waals surface area (Å²) in [5.74, 6) is 2.33. The molecule has 0 unspecified atom stereocenters. The highest BCUT2D eigenvalue weighted by Crippen LogP contribution is 2.38. The molecule has 0 spiro atoms. The normalized spacial score (nSPS) is 17.4. The van der Waals surface area contributed by atoms with Gasteiger partial charge < -0.3 is 9.47 Å². The van der Waals surface area contributed by atoms with E-state index in [4.69, 9.17) is 9.47 Å². The number of hydrogen-bond donors (Lipinski definition) is 0. The third-order valence-electron chi connectivity index (χ3n) is 5.86. The van der Waals surface area contributed by atoms with Crippen LogP contribution in [0.5, 0.6) is 11.5 Å². The fourth-order valence-electron chi connectivity index (χ4n) is 4.27. The van der Waals surface area contributed by atoms with E-state index in [2.05, 4.69) is 47.9 Å². The number of fused-ring (bicyclic) bond motifs is 1. The van der Waals surface area contributed by atoms with Gasteiger partial charge in [-0.15, -0.1) is 12.4 Å². The number of likely N-dealkylation sites (tertiary alicyclic amines) is 1. The van der Waals surface area contributed by atoms with Gasteiger partial charge in [0.25, 0.3) is 0 Å². The van der Waals surface area contributed by atoms with Crippen LogP contribution in [0.3, 0.4) is 0 Å². The first-order valence-corrected chi connectivity index (χ1v) is 10.1. The predicted octanol–water partition coefficient (Wildman–Crippen LogP) is 4.98. The number of benzene rings is 2. The lowest BCUT2D eigenvalue weighted by Gasteiger charge is -2.37. The molecule has 0 saturated carbocycles. The van der Waals surface area contributed by atoms with Crippen LogP contribution >= 0.6 is 12.4 Å². The number of hydrogen-bond acceptors (Lipinski definition) is 4. The molecule has 2 aliphatic heterocycles. The maximum atomic E-state index is 12.2. The Bertz CT molecular complexity index is 831. The van der Waals surface area contributed by atoms with E-state index in [0.29, 0.717) is 12.3 Å². The molecule has 2 aliphatic rings. The number of allylic oxidation sites excluding steroid dienone is 1. The first-order chi connectivity index (χ1) is 13.7. The lowest BCUT2D eigenvalue weighted by atomic mass is 9.88. The number of piperidine rings is 1. The van der Waals surface area contributed by atoms with Gasteiger partial charge in [-0.3, -0.25) is 9.69 Å².